The third-order valence-corrected chi connectivity index (χ3v) is 7.32. The Morgan fingerprint density at radius 3 is 1.95 bits per heavy atom. The molecule has 0 aliphatic rings. The maximum absolute atomic E-state index is 14.4. The van der Waals surface area contributed by atoms with E-state index >= 15 is 0 Å². The third-order valence-electron chi connectivity index (χ3n) is 7.32. The Balaban J connectivity index is 1.44. The van der Waals surface area contributed by atoms with Crippen LogP contribution in [0.25, 0.3) is 21.7 Å². The summed E-state index contributed by atoms with van der Waals surface area (Å²) < 4.78 is 54.3. The van der Waals surface area contributed by atoms with Crippen LogP contribution >= 0.6 is 0 Å². The Hall–Kier alpha value is -5.08. The molecule has 0 atom stereocenters. The smallest absolute Gasteiger partial charge is 0.453 e. The molecule has 5 aromatic carbocycles. The molecule has 0 amide bonds. The zero-order valence-electron chi connectivity index (χ0n) is 22.9. The number of ether oxygens (including phenoxy) is 1. The molecule has 0 saturated heterocycles. The summed E-state index contributed by atoms with van der Waals surface area (Å²) in [4.78, 5) is 14.5. The molecule has 2 N–H and O–H groups in total. The molecule has 216 valence electrons. The minimum atomic E-state index is -5.04. The van der Waals surface area contributed by atoms with E-state index in [2.05, 4.69) is 0 Å². The van der Waals surface area contributed by atoms with Crippen molar-refractivity contribution in [3.63, 3.8) is 0 Å². The van der Waals surface area contributed by atoms with Crippen LogP contribution in [-0.4, -0.2) is 5.11 Å². The lowest BCUT2D eigenvalue weighted by molar-refractivity contribution is -0.941. The van der Waals surface area contributed by atoms with Gasteiger partial charge in [0.05, 0.1) is 10.9 Å². The summed E-state index contributed by atoms with van der Waals surface area (Å²) in [7, 11) is 0. The van der Waals surface area contributed by atoms with Crippen LogP contribution in [-0.2, 0) is 25.8 Å². The Kier molecular flexibility index (Phi) is 7.61. The number of aromatic hydroxyl groups is 1. The third kappa shape index (κ3) is 6.10. The summed E-state index contributed by atoms with van der Waals surface area (Å²) in [5.41, 5.74) is 0.838. The molecule has 0 spiro atoms. The van der Waals surface area contributed by atoms with E-state index in [1.54, 1.807) is 24.3 Å². The fourth-order valence-electron chi connectivity index (χ4n) is 5.29. The summed E-state index contributed by atoms with van der Waals surface area (Å²) in [5.74, 6) is -2.70. The lowest BCUT2D eigenvalue weighted by Gasteiger charge is -2.21. The van der Waals surface area contributed by atoms with E-state index < -0.39 is 23.1 Å². The van der Waals surface area contributed by atoms with Gasteiger partial charge in [0.15, 0.2) is 5.58 Å². The van der Waals surface area contributed by atoms with Gasteiger partial charge >= 0.3 is 6.18 Å². The van der Waals surface area contributed by atoms with Gasteiger partial charge in [0, 0.05) is 11.1 Å². The SMILES string of the molecule is O=c1c(Oc2ccc3ccccc3c2)c(C(F)(F)F)oc2c(C[NH+](Cc3ccccc3)Cc3ccccc3)c(O)ccc12. The van der Waals surface area contributed by atoms with Gasteiger partial charge in [-0.15, -0.1) is 0 Å². The van der Waals surface area contributed by atoms with E-state index in [-0.39, 0.29) is 34.6 Å². The summed E-state index contributed by atoms with van der Waals surface area (Å²) in [6, 6.07) is 34.0. The van der Waals surface area contributed by atoms with Crippen LogP contribution in [0.3, 0.4) is 0 Å². The van der Waals surface area contributed by atoms with Crippen molar-refractivity contribution in [2.75, 3.05) is 0 Å². The van der Waals surface area contributed by atoms with Crippen LogP contribution < -0.4 is 15.1 Å². The van der Waals surface area contributed by atoms with Crippen LogP contribution in [0.2, 0.25) is 0 Å². The van der Waals surface area contributed by atoms with Gasteiger partial charge in [-0.2, -0.15) is 13.2 Å². The van der Waals surface area contributed by atoms with Crippen LogP contribution in [0.15, 0.2) is 124 Å². The Labute approximate surface area is 245 Å². The first kappa shape index (κ1) is 28.1. The molecular formula is C35H27F3NO4+. The van der Waals surface area contributed by atoms with Gasteiger partial charge in [-0.25, -0.2) is 0 Å². The first-order valence-corrected chi connectivity index (χ1v) is 13.7. The standard InChI is InChI=1S/C35H26F3NO4/c36-35(37,38)34-33(42-27-16-15-25-13-7-8-14-26(25)19-27)31(41)28-17-18-30(40)29(32(28)43-34)22-39(20-23-9-3-1-4-10-23)21-24-11-5-2-6-12-24/h1-19,40H,20-22H2/p+1. The molecule has 43 heavy (non-hydrogen) atoms. The Morgan fingerprint density at radius 2 is 1.33 bits per heavy atom. The van der Waals surface area contributed by atoms with Gasteiger partial charge in [0.25, 0.3) is 5.76 Å². The van der Waals surface area contributed by atoms with Crippen molar-refractivity contribution in [1.29, 1.82) is 0 Å². The molecule has 0 unspecified atom stereocenters. The second-order valence-electron chi connectivity index (χ2n) is 10.4. The van der Waals surface area contributed by atoms with Crippen molar-refractivity contribution in [2.24, 2.45) is 0 Å². The maximum atomic E-state index is 14.4. The molecule has 0 radical (unpaired) electrons. The number of nitrogens with one attached hydrogen (secondary N) is 1. The average Bonchev–Trinajstić information content (AvgIpc) is 3.00. The molecule has 1 aromatic heterocycles. The first-order valence-electron chi connectivity index (χ1n) is 13.7. The lowest BCUT2D eigenvalue weighted by Crippen LogP contribution is -3.08. The highest BCUT2D eigenvalue weighted by molar-refractivity contribution is 5.85. The lowest BCUT2D eigenvalue weighted by atomic mass is 10.1. The molecule has 0 aliphatic heterocycles. The Bertz CT molecular complexity index is 1910. The number of halogens is 3. The zero-order valence-corrected chi connectivity index (χ0v) is 22.9. The molecule has 5 nitrogen and oxygen atoms in total. The Morgan fingerprint density at radius 1 is 0.721 bits per heavy atom. The normalized spacial score (nSPS) is 11.8. The summed E-state index contributed by atoms with van der Waals surface area (Å²) in [6.07, 6.45) is -5.04. The van der Waals surface area contributed by atoms with E-state index in [9.17, 15) is 23.1 Å². The van der Waals surface area contributed by atoms with E-state index in [1.807, 2.05) is 72.8 Å². The fraction of sp³-hybridized carbons (Fsp3) is 0.114. The number of phenolic OH excluding ortho intramolecular Hbond substituents is 1. The molecule has 0 bridgehead atoms. The number of fused-ring (bicyclic) bond motifs is 2. The monoisotopic (exact) mass is 582 g/mol. The van der Waals surface area contributed by atoms with Crippen molar-refractivity contribution >= 4 is 21.7 Å². The topological polar surface area (TPSA) is 64.1 Å². The largest absolute Gasteiger partial charge is 0.507 e. The second-order valence-corrected chi connectivity index (χ2v) is 10.4. The molecule has 6 rings (SSSR count). The highest BCUT2D eigenvalue weighted by Crippen LogP contribution is 2.40. The fourth-order valence-corrected chi connectivity index (χ4v) is 5.29. The number of benzene rings is 5. The molecule has 6 aromatic rings. The van der Waals surface area contributed by atoms with Crippen molar-refractivity contribution < 1.29 is 32.3 Å². The van der Waals surface area contributed by atoms with Crippen LogP contribution in [0.5, 0.6) is 17.2 Å². The van der Waals surface area contributed by atoms with Crippen molar-refractivity contribution in [1.82, 2.24) is 0 Å². The minimum Gasteiger partial charge on any atom is -0.507 e. The van der Waals surface area contributed by atoms with Crippen LogP contribution in [0.1, 0.15) is 22.5 Å². The number of phenols is 1. The number of alkyl halides is 3. The summed E-state index contributed by atoms with van der Waals surface area (Å²) >= 11 is 0. The summed E-state index contributed by atoms with van der Waals surface area (Å²) in [6.45, 7) is 1.13. The quantitative estimate of drug-likeness (QED) is 0.199. The van der Waals surface area contributed by atoms with E-state index in [0.29, 0.717) is 13.1 Å². The molecule has 0 saturated carbocycles. The predicted molar refractivity (Wildman–Crippen MR) is 158 cm³/mol. The number of rotatable bonds is 8. The van der Waals surface area contributed by atoms with E-state index in [0.717, 1.165) is 26.8 Å². The van der Waals surface area contributed by atoms with Crippen molar-refractivity contribution in [3.8, 4) is 17.2 Å². The van der Waals surface area contributed by atoms with Gasteiger partial charge in [-0.05, 0) is 35.0 Å². The van der Waals surface area contributed by atoms with E-state index in [4.69, 9.17) is 9.15 Å². The molecule has 0 aliphatic carbocycles. The van der Waals surface area contributed by atoms with Crippen molar-refractivity contribution in [3.05, 3.63) is 148 Å². The highest BCUT2D eigenvalue weighted by atomic mass is 19.4. The second kappa shape index (κ2) is 11.7. The van der Waals surface area contributed by atoms with Gasteiger partial charge < -0.3 is 19.2 Å². The molecule has 8 heteroatoms. The molecule has 0 fully saturated rings. The number of hydrogen-bond acceptors (Lipinski definition) is 4. The molecular weight excluding hydrogens is 555 g/mol. The maximum Gasteiger partial charge on any atom is 0.453 e. The first-order chi connectivity index (χ1) is 20.8. The zero-order chi connectivity index (χ0) is 30.0. The summed E-state index contributed by atoms with van der Waals surface area (Å²) in [5, 5.41) is 12.4. The van der Waals surface area contributed by atoms with Gasteiger partial charge in [-0.1, -0.05) is 91.0 Å². The predicted octanol–water partition coefficient (Wildman–Crippen LogP) is 7.25. The van der Waals surface area contributed by atoms with Gasteiger partial charge in [0.1, 0.15) is 31.1 Å². The molecule has 1 heterocycles. The van der Waals surface area contributed by atoms with Crippen LogP contribution in [0, 0.1) is 0 Å². The van der Waals surface area contributed by atoms with Gasteiger partial charge in [-0.3, -0.25) is 4.79 Å². The van der Waals surface area contributed by atoms with Gasteiger partial charge in [0.2, 0.25) is 11.2 Å². The minimum absolute atomic E-state index is 0.0659. The van der Waals surface area contributed by atoms with Crippen molar-refractivity contribution in [2.45, 2.75) is 25.8 Å². The highest BCUT2D eigenvalue weighted by Gasteiger charge is 2.41. The average molecular weight is 583 g/mol. The number of hydrogen-bond donors (Lipinski definition) is 2. The van der Waals surface area contributed by atoms with E-state index in [1.165, 1.54) is 18.2 Å². The van der Waals surface area contributed by atoms with Crippen LogP contribution in [0.4, 0.5) is 13.2 Å². The number of quaternary nitrogens is 1.